The molecule has 0 fully saturated rings. The fourth-order valence-electron chi connectivity index (χ4n) is 3.37. The summed E-state index contributed by atoms with van der Waals surface area (Å²) in [6.45, 7) is 1.71. The molecule has 0 saturated carbocycles. The number of fused-ring (bicyclic) bond motifs is 1. The molecule has 1 heterocycles. The van der Waals surface area contributed by atoms with Crippen LogP contribution >= 0.6 is 46.4 Å². The van der Waals surface area contributed by atoms with Gasteiger partial charge in [0.15, 0.2) is 0 Å². The Bertz CT molecular complexity index is 1480. The first-order chi connectivity index (χ1) is 16.6. The van der Waals surface area contributed by atoms with Crippen LogP contribution in [0.15, 0.2) is 60.7 Å². The molecule has 0 unspecified atom stereocenters. The monoisotopic (exact) mass is 548 g/mol. The lowest BCUT2D eigenvalue weighted by Gasteiger charge is -2.14. The molecule has 0 atom stereocenters. The molecule has 0 aliphatic carbocycles. The van der Waals surface area contributed by atoms with Gasteiger partial charge in [-0.3, -0.25) is 19.8 Å². The summed E-state index contributed by atoms with van der Waals surface area (Å²) in [7, 11) is 0. The van der Waals surface area contributed by atoms with Crippen molar-refractivity contribution in [3.63, 3.8) is 0 Å². The minimum atomic E-state index is -1.00. The number of nitrogens with one attached hydrogen (secondary N) is 3. The van der Waals surface area contributed by atoms with Crippen molar-refractivity contribution in [1.29, 1.82) is 0 Å². The number of benzene rings is 3. The zero-order valence-corrected chi connectivity index (χ0v) is 21.0. The van der Waals surface area contributed by atoms with Gasteiger partial charge in [-0.15, -0.1) is 0 Å². The number of nitrogens with zero attached hydrogens (tertiary/aromatic N) is 1. The van der Waals surface area contributed by atoms with Gasteiger partial charge in [0.2, 0.25) is 0 Å². The van der Waals surface area contributed by atoms with E-state index in [4.69, 9.17) is 46.4 Å². The maximum atomic E-state index is 13.1. The third kappa shape index (κ3) is 5.55. The molecular weight excluding hydrogens is 534 g/mol. The standard InChI is InChI=1S/C24H16Cl4N4O3/c1-12-18(28)3-2-4-19(12)30-23(34)24(35)31-32-20-6-5-14(25)7-13(20)8-21(32)22(33)29-17-10-15(26)9-16(27)11-17/h2-11H,1H3,(H,29,33)(H,30,34)(H,31,35). The van der Waals surface area contributed by atoms with E-state index in [2.05, 4.69) is 16.1 Å². The van der Waals surface area contributed by atoms with Crippen LogP contribution in [0.25, 0.3) is 10.9 Å². The van der Waals surface area contributed by atoms with Crippen LogP contribution in [0.2, 0.25) is 20.1 Å². The van der Waals surface area contributed by atoms with Crippen LogP contribution in [-0.2, 0) is 9.59 Å². The van der Waals surface area contributed by atoms with Crippen molar-refractivity contribution in [3.05, 3.63) is 92.0 Å². The third-order valence-corrected chi connectivity index (χ3v) is 6.13. The summed E-state index contributed by atoms with van der Waals surface area (Å²) in [6, 6.07) is 15.9. The Labute approximate surface area is 219 Å². The first-order valence-electron chi connectivity index (χ1n) is 10.1. The van der Waals surface area contributed by atoms with Crippen LogP contribution in [0, 0.1) is 6.92 Å². The first-order valence-corrected chi connectivity index (χ1v) is 11.6. The predicted octanol–water partition coefficient (Wildman–Crippen LogP) is 6.52. The van der Waals surface area contributed by atoms with Gasteiger partial charge in [0.1, 0.15) is 5.69 Å². The van der Waals surface area contributed by atoms with Gasteiger partial charge in [-0.05, 0) is 67.1 Å². The maximum absolute atomic E-state index is 13.1. The van der Waals surface area contributed by atoms with E-state index in [0.717, 1.165) is 0 Å². The van der Waals surface area contributed by atoms with E-state index < -0.39 is 17.7 Å². The number of carbonyl (C=O) groups excluding carboxylic acids is 3. The van der Waals surface area contributed by atoms with Crippen LogP contribution in [-0.4, -0.2) is 22.4 Å². The highest BCUT2D eigenvalue weighted by molar-refractivity contribution is 6.43. The molecule has 0 aliphatic rings. The van der Waals surface area contributed by atoms with Crippen molar-refractivity contribution in [2.75, 3.05) is 16.1 Å². The Morgan fingerprint density at radius 1 is 0.771 bits per heavy atom. The smallest absolute Gasteiger partial charge is 0.321 e. The summed E-state index contributed by atoms with van der Waals surface area (Å²) in [5, 5.41) is 7.32. The highest BCUT2D eigenvalue weighted by atomic mass is 35.5. The van der Waals surface area contributed by atoms with Crippen molar-refractivity contribution in [3.8, 4) is 0 Å². The van der Waals surface area contributed by atoms with E-state index in [9.17, 15) is 14.4 Å². The predicted molar refractivity (Wildman–Crippen MR) is 141 cm³/mol. The molecule has 3 aromatic carbocycles. The van der Waals surface area contributed by atoms with E-state index in [-0.39, 0.29) is 5.69 Å². The molecule has 7 nitrogen and oxygen atoms in total. The Morgan fingerprint density at radius 2 is 1.49 bits per heavy atom. The van der Waals surface area contributed by atoms with Gasteiger partial charge in [-0.2, -0.15) is 0 Å². The maximum Gasteiger partial charge on any atom is 0.328 e. The van der Waals surface area contributed by atoms with Gasteiger partial charge < -0.3 is 10.6 Å². The fraction of sp³-hybridized carbons (Fsp3) is 0.0417. The molecule has 3 amide bonds. The molecule has 4 rings (SSSR count). The topological polar surface area (TPSA) is 92.2 Å². The third-order valence-electron chi connectivity index (χ3n) is 5.05. The number of anilines is 2. The number of amides is 3. The molecule has 4 aromatic rings. The van der Waals surface area contributed by atoms with Gasteiger partial charge >= 0.3 is 11.8 Å². The molecule has 35 heavy (non-hydrogen) atoms. The van der Waals surface area contributed by atoms with Crippen molar-refractivity contribution in [2.45, 2.75) is 6.92 Å². The normalized spacial score (nSPS) is 10.8. The largest absolute Gasteiger partial charge is 0.328 e. The molecule has 0 radical (unpaired) electrons. The van der Waals surface area contributed by atoms with E-state index in [1.807, 2.05) is 0 Å². The summed E-state index contributed by atoms with van der Waals surface area (Å²) >= 11 is 24.2. The van der Waals surface area contributed by atoms with E-state index in [1.54, 1.807) is 43.3 Å². The van der Waals surface area contributed by atoms with Gasteiger partial charge in [0.25, 0.3) is 5.91 Å². The minimum absolute atomic E-state index is 0.0402. The number of rotatable bonds is 4. The summed E-state index contributed by atoms with van der Waals surface area (Å²) in [4.78, 5) is 38.5. The van der Waals surface area contributed by atoms with Gasteiger partial charge in [0.05, 0.1) is 5.52 Å². The fourth-order valence-corrected chi connectivity index (χ4v) is 4.25. The number of carbonyl (C=O) groups is 3. The number of hydrogen-bond donors (Lipinski definition) is 3. The second-order valence-corrected chi connectivity index (χ2v) is 9.20. The summed E-state index contributed by atoms with van der Waals surface area (Å²) < 4.78 is 1.21. The second-order valence-electron chi connectivity index (χ2n) is 7.49. The molecule has 1 aromatic heterocycles. The Balaban J connectivity index is 1.64. The van der Waals surface area contributed by atoms with Crippen molar-refractivity contribution >= 4 is 86.4 Å². The lowest BCUT2D eigenvalue weighted by molar-refractivity contribution is -0.133. The van der Waals surface area contributed by atoms with E-state index >= 15 is 0 Å². The quantitative estimate of drug-likeness (QED) is 0.253. The highest BCUT2D eigenvalue weighted by Crippen LogP contribution is 2.26. The average Bonchev–Trinajstić information content (AvgIpc) is 3.13. The average molecular weight is 550 g/mol. The Kier molecular flexibility index (Phi) is 7.23. The lowest BCUT2D eigenvalue weighted by atomic mass is 10.2. The summed E-state index contributed by atoms with van der Waals surface area (Å²) in [5.41, 5.74) is 4.31. The van der Waals surface area contributed by atoms with Crippen LogP contribution in [0.3, 0.4) is 0 Å². The number of hydrogen-bond acceptors (Lipinski definition) is 3. The molecular formula is C24H16Cl4N4O3. The number of halogens is 4. The van der Waals surface area contributed by atoms with Gasteiger partial charge in [-0.1, -0.05) is 52.5 Å². The van der Waals surface area contributed by atoms with E-state index in [0.29, 0.717) is 47.9 Å². The lowest BCUT2D eigenvalue weighted by Crippen LogP contribution is -2.36. The Morgan fingerprint density at radius 3 is 2.20 bits per heavy atom. The van der Waals surface area contributed by atoms with Crippen LogP contribution in [0.5, 0.6) is 0 Å². The zero-order chi connectivity index (χ0) is 25.3. The minimum Gasteiger partial charge on any atom is -0.321 e. The van der Waals surface area contributed by atoms with Crippen LogP contribution in [0.1, 0.15) is 16.1 Å². The zero-order valence-electron chi connectivity index (χ0n) is 18.0. The molecule has 0 saturated heterocycles. The highest BCUT2D eigenvalue weighted by Gasteiger charge is 2.22. The first kappa shape index (κ1) is 24.9. The van der Waals surface area contributed by atoms with Gasteiger partial charge in [-0.25, -0.2) is 4.68 Å². The second kappa shape index (κ2) is 10.2. The molecule has 0 bridgehead atoms. The molecule has 178 valence electrons. The van der Waals surface area contributed by atoms with E-state index in [1.165, 1.54) is 28.9 Å². The molecule has 0 aliphatic heterocycles. The molecule has 0 spiro atoms. The van der Waals surface area contributed by atoms with Gasteiger partial charge in [0, 0.05) is 36.9 Å². The van der Waals surface area contributed by atoms with Crippen molar-refractivity contribution < 1.29 is 14.4 Å². The molecule has 3 N–H and O–H groups in total. The molecule has 11 heteroatoms. The van der Waals surface area contributed by atoms with Crippen LogP contribution in [0.4, 0.5) is 11.4 Å². The number of aromatic nitrogens is 1. The van der Waals surface area contributed by atoms with Crippen LogP contribution < -0.4 is 16.1 Å². The van der Waals surface area contributed by atoms with Crippen molar-refractivity contribution in [2.24, 2.45) is 0 Å². The summed E-state index contributed by atoms with van der Waals surface area (Å²) in [5.74, 6) is -2.53. The SMILES string of the molecule is Cc1c(Cl)cccc1NC(=O)C(=O)Nn1c(C(=O)Nc2cc(Cl)cc(Cl)c2)cc2cc(Cl)ccc21. The summed E-state index contributed by atoms with van der Waals surface area (Å²) in [6.07, 6.45) is 0. The van der Waals surface area contributed by atoms with Crippen molar-refractivity contribution in [1.82, 2.24) is 4.68 Å². The Hall–Kier alpha value is -3.23.